The van der Waals surface area contributed by atoms with Gasteiger partial charge < -0.3 is 47.4 Å². The summed E-state index contributed by atoms with van der Waals surface area (Å²) in [6, 6.07) is 13.6. The minimum atomic E-state index is -0.846. The van der Waals surface area contributed by atoms with E-state index in [0.29, 0.717) is 49.4 Å². The van der Waals surface area contributed by atoms with Crippen LogP contribution in [0.1, 0.15) is 96.9 Å². The van der Waals surface area contributed by atoms with Crippen LogP contribution in [-0.2, 0) is 35.0 Å². The van der Waals surface area contributed by atoms with Crippen molar-refractivity contribution in [2.75, 3.05) is 71.3 Å². The lowest BCUT2D eigenvalue weighted by Gasteiger charge is -2.37. The number of pyridine rings is 1. The molecule has 0 radical (unpaired) electrons. The smallest absolute Gasteiger partial charge is 0.410 e. The number of carbonyl (C=O) groups excluding carboxylic acids is 4. The molecule has 336 valence electrons. The van der Waals surface area contributed by atoms with Gasteiger partial charge in [0, 0.05) is 49.7 Å². The van der Waals surface area contributed by atoms with E-state index in [4.69, 9.17) is 28.4 Å². The van der Waals surface area contributed by atoms with Gasteiger partial charge in [-0.3, -0.25) is 14.4 Å². The van der Waals surface area contributed by atoms with E-state index < -0.39 is 28.7 Å². The summed E-state index contributed by atoms with van der Waals surface area (Å²) in [5.41, 5.74) is 1.01. The van der Waals surface area contributed by atoms with Crippen LogP contribution in [0.4, 0.5) is 14.9 Å². The van der Waals surface area contributed by atoms with E-state index in [1.165, 1.54) is 19.4 Å². The number of methoxy groups -OCH3 is 1. The van der Waals surface area contributed by atoms with Crippen molar-refractivity contribution in [3.05, 3.63) is 93.3 Å². The zero-order valence-corrected chi connectivity index (χ0v) is 36.3. The fourth-order valence-electron chi connectivity index (χ4n) is 9.14. The van der Waals surface area contributed by atoms with Crippen molar-refractivity contribution in [1.82, 2.24) is 14.0 Å². The maximum Gasteiger partial charge on any atom is 0.410 e. The molecular formula is C47H55FN4O11. The second kappa shape index (κ2) is 18.5. The zero-order chi connectivity index (χ0) is 44.4. The van der Waals surface area contributed by atoms with Gasteiger partial charge in [-0.25, -0.2) is 14.0 Å². The minimum absolute atomic E-state index is 0.0112. The highest BCUT2D eigenvalue weighted by molar-refractivity contribution is 6.08. The summed E-state index contributed by atoms with van der Waals surface area (Å²) in [6.07, 6.45) is 4.98. The van der Waals surface area contributed by atoms with Crippen molar-refractivity contribution < 1.29 is 52.0 Å². The molecule has 1 aliphatic carbocycles. The number of carbonyl (C=O) groups is 4. The Hall–Kier alpha value is -5.74. The Morgan fingerprint density at radius 2 is 1.56 bits per heavy atom. The number of piperidine rings is 1. The first-order valence-electron chi connectivity index (χ1n) is 21.8. The molecule has 0 spiro atoms. The van der Waals surface area contributed by atoms with Crippen LogP contribution in [0, 0.1) is 11.7 Å². The molecule has 1 saturated carbocycles. The normalized spacial score (nSPS) is 19.5. The monoisotopic (exact) mass is 870 g/mol. The Labute approximate surface area is 364 Å². The second-order valence-corrected chi connectivity index (χ2v) is 17.6. The third-order valence-corrected chi connectivity index (χ3v) is 12.2. The molecule has 8 rings (SSSR count). The minimum Gasteiger partial charge on any atom is -0.492 e. The molecule has 0 N–H and O–H groups in total. The quantitative estimate of drug-likeness (QED) is 0.0539. The summed E-state index contributed by atoms with van der Waals surface area (Å²) in [7, 11) is 1.45. The summed E-state index contributed by atoms with van der Waals surface area (Å²) >= 11 is 0. The number of ether oxygens (including phenoxy) is 6. The molecule has 2 aromatic carbocycles. The van der Waals surface area contributed by atoms with Crippen LogP contribution in [0.15, 0.2) is 59.5 Å². The van der Waals surface area contributed by atoms with Gasteiger partial charge in [0.15, 0.2) is 11.6 Å². The number of halogens is 1. The summed E-state index contributed by atoms with van der Waals surface area (Å²) in [5, 5.41) is 0.0165. The highest BCUT2D eigenvalue weighted by Gasteiger charge is 2.44. The largest absolute Gasteiger partial charge is 0.492 e. The van der Waals surface area contributed by atoms with Crippen molar-refractivity contribution >= 4 is 40.4 Å². The molecule has 0 bridgehead atoms. The standard InChI is InChI=1S/C47H55FN4O11/c1-47(2,3)63-46(57)51-17-8-11-30-26-49(28-38(30)51)40-35(48)25-33-39(43(40)58-4)52(31-12-13-31)27-34(42(33)54)45(56)62-24-22-60-20-19-59-21-23-61-44(55)32-16-18-50-36(32)14-15-37(50)41(53)29-9-6-5-7-10-29/h5-7,9-10,14-15,25,27,30-32,38H,8,11-13,16-24,26,28H2,1-4H3. The van der Waals surface area contributed by atoms with Gasteiger partial charge >= 0.3 is 18.0 Å². The molecule has 3 fully saturated rings. The highest BCUT2D eigenvalue weighted by atomic mass is 19.1. The SMILES string of the molecule is COc1c(N2CC3CCCN(C(=O)OC(C)(C)C)C3C2)c(F)cc2c(=O)c(C(=O)OCCOCCOCCOC(=O)C3CCn4c(C(=O)c5ccccc5)ccc43)cn(C3CC3)c12. The van der Waals surface area contributed by atoms with Crippen LogP contribution in [-0.4, -0.2) is 116 Å². The number of esters is 2. The summed E-state index contributed by atoms with van der Waals surface area (Å²) in [6.45, 7) is 7.99. The molecule has 2 aromatic heterocycles. The van der Waals surface area contributed by atoms with Gasteiger partial charge in [0.2, 0.25) is 11.2 Å². The number of anilines is 1. The third-order valence-electron chi connectivity index (χ3n) is 12.2. The van der Waals surface area contributed by atoms with E-state index in [0.717, 1.165) is 31.4 Å². The van der Waals surface area contributed by atoms with Gasteiger partial charge in [-0.1, -0.05) is 30.3 Å². The van der Waals surface area contributed by atoms with Gasteiger partial charge in [0.05, 0.1) is 62.1 Å². The second-order valence-electron chi connectivity index (χ2n) is 17.6. The van der Waals surface area contributed by atoms with E-state index in [2.05, 4.69) is 0 Å². The molecule has 16 heteroatoms. The van der Waals surface area contributed by atoms with Gasteiger partial charge in [-0.05, 0) is 77.0 Å². The Balaban J connectivity index is 0.813. The van der Waals surface area contributed by atoms with E-state index in [1.807, 2.05) is 59.1 Å². The van der Waals surface area contributed by atoms with Gasteiger partial charge in [0.25, 0.3) is 0 Å². The first-order valence-corrected chi connectivity index (χ1v) is 21.8. The molecule has 2 saturated heterocycles. The molecule has 1 amide bonds. The zero-order valence-electron chi connectivity index (χ0n) is 36.3. The molecule has 15 nitrogen and oxygen atoms in total. The fourth-order valence-corrected chi connectivity index (χ4v) is 9.14. The first-order chi connectivity index (χ1) is 30.3. The van der Waals surface area contributed by atoms with E-state index in [1.54, 1.807) is 23.1 Å². The Bertz CT molecular complexity index is 2420. The van der Waals surface area contributed by atoms with E-state index in [-0.39, 0.29) is 97.9 Å². The van der Waals surface area contributed by atoms with Gasteiger partial charge in [0.1, 0.15) is 30.1 Å². The number of ketones is 1. The summed E-state index contributed by atoms with van der Waals surface area (Å²) in [4.78, 5) is 69.8. The number of hydrogen-bond donors (Lipinski definition) is 0. The predicted molar refractivity (Wildman–Crippen MR) is 229 cm³/mol. The molecule has 3 atom stereocenters. The average molecular weight is 871 g/mol. The van der Waals surface area contributed by atoms with Crippen molar-refractivity contribution in [3.63, 3.8) is 0 Å². The number of benzene rings is 2. The number of amides is 1. The summed E-state index contributed by atoms with van der Waals surface area (Å²) in [5.74, 6) is -2.10. The number of nitrogens with zero attached hydrogens (tertiary/aromatic N) is 4. The van der Waals surface area contributed by atoms with Gasteiger partial charge in [-0.15, -0.1) is 0 Å². The van der Waals surface area contributed by atoms with Crippen LogP contribution >= 0.6 is 0 Å². The predicted octanol–water partition coefficient (Wildman–Crippen LogP) is 6.27. The van der Waals surface area contributed by atoms with Crippen LogP contribution in [0.2, 0.25) is 0 Å². The fraction of sp³-hybridized carbons (Fsp3) is 0.511. The maximum absolute atomic E-state index is 16.3. The van der Waals surface area contributed by atoms with Crippen LogP contribution in [0.5, 0.6) is 5.75 Å². The Morgan fingerprint density at radius 3 is 2.25 bits per heavy atom. The number of aromatic nitrogens is 2. The maximum atomic E-state index is 16.3. The molecule has 4 aliphatic rings. The van der Waals surface area contributed by atoms with Crippen molar-refractivity contribution in [2.45, 2.75) is 83.0 Å². The average Bonchev–Trinajstić information content (AvgIpc) is 3.66. The molecule has 5 heterocycles. The third kappa shape index (κ3) is 9.33. The lowest BCUT2D eigenvalue weighted by Crippen LogP contribution is -2.50. The van der Waals surface area contributed by atoms with Crippen LogP contribution in [0.25, 0.3) is 10.9 Å². The van der Waals surface area contributed by atoms with Crippen molar-refractivity contribution in [3.8, 4) is 5.75 Å². The highest BCUT2D eigenvalue weighted by Crippen LogP contribution is 2.46. The number of hydrogen-bond acceptors (Lipinski definition) is 12. The number of likely N-dealkylation sites (tertiary alicyclic amines) is 1. The summed E-state index contributed by atoms with van der Waals surface area (Å²) < 4.78 is 53.6. The molecular weight excluding hydrogens is 816 g/mol. The van der Waals surface area contributed by atoms with Crippen molar-refractivity contribution in [2.24, 2.45) is 5.92 Å². The lowest BCUT2D eigenvalue weighted by molar-refractivity contribution is -0.147. The molecule has 63 heavy (non-hydrogen) atoms. The Kier molecular flexibility index (Phi) is 12.9. The Morgan fingerprint density at radius 1 is 0.841 bits per heavy atom. The van der Waals surface area contributed by atoms with Gasteiger partial charge in [-0.2, -0.15) is 0 Å². The topological polar surface area (TPSA) is 157 Å². The van der Waals surface area contributed by atoms with Crippen LogP contribution < -0.4 is 15.1 Å². The molecule has 3 unspecified atom stereocenters. The number of rotatable bonds is 16. The molecule has 4 aromatic rings. The molecule has 3 aliphatic heterocycles. The lowest BCUT2D eigenvalue weighted by atomic mass is 9.92. The first kappa shape index (κ1) is 43.9. The van der Waals surface area contributed by atoms with E-state index >= 15 is 4.39 Å². The number of fused-ring (bicyclic) bond motifs is 3. The van der Waals surface area contributed by atoms with Crippen LogP contribution in [0.3, 0.4) is 0 Å². The van der Waals surface area contributed by atoms with E-state index in [9.17, 15) is 24.0 Å². The van der Waals surface area contributed by atoms with Crippen molar-refractivity contribution in [1.29, 1.82) is 0 Å².